The predicted molar refractivity (Wildman–Crippen MR) is 50.0 cm³/mol. The van der Waals surface area contributed by atoms with Gasteiger partial charge in [-0.25, -0.2) is 13.8 Å². The Morgan fingerprint density at radius 3 is 2.62 bits per heavy atom. The van der Waals surface area contributed by atoms with Crippen molar-refractivity contribution >= 4 is 17.6 Å². The fraction of sp³-hybridized carbons (Fsp3) is 0.333. The number of carboxylic acid groups (broad SMARTS) is 1. The van der Waals surface area contributed by atoms with E-state index in [9.17, 15) is 18.0 Å². The molecule has 1 aromatic heterocycles. The molecule has 0 aliphatic carbocycles. The molecule has 0 aliphatic heterocycles. The molecule has 3 nitrogen and oxygen atoms in total. The number of nitrogens with zero attached hydrogens (tertiary/aromatic N) is 1. The Morgan fingerprint density at radius 2 is 2.19 bits per heavy atom. The number of aliphatic carboxylic acids is 1. The van der Waals surface area contributed by atoms with E-state index in [1.807, 2.05) is 0 Å². The zero-order valence-corrected chi connectivity index (χ0v) is 8.64. The monoisotopic (exact) mass is 253 g/mol. The fourth-order valence-electron chi connectivity index (χ4n) is 1.15. The number of hydrogen-bond donors (Lipinski definition) is 1. The van der Waals surface area contributed by atoms with Crippen molar-refractivity contribution < 1.29 is 23.1 Å². The van der Waals surface area contributed by atoms with E-state index < -0.39 is 30.3 Å². The molecule has 0 atom stereocenters. The lowest BCUT2D eigenvalue weighted by molar-refractivity contribution is -0.136. The number of carbonyl (C=O) groups is 1. The van der Waals surface area contributed by atoms with Gasteiger partial charge in [0.25, 0.3) is 6.43 Å². The van der Waals surface area contributed by atoms with Crippen molar-refractivity contribution in [3.05, 3.63) is 28.8 Å². The van der Waals surface area contributed by atoms with Gasteiger partial charge >= 0.3 is 5.97 Å². The molecule has 1 rings (SSSR count). The van der Waals surface area contributed by atoms with E-state index in [0.29, 0.717) is 0 Å². The molecular formula is C9H7ClF3NO2. The summed E-state index contributed by atoms with van der Waals surface area (Å²) in [5.74, 6) is -2.79. The van der Waals surface area contributed by atoms with Gasteiger partial charge in [-0.15, -0.1) is 11.6 Å². The van der Waals surface area contributed by atoms with E-state index in [0.717, 1.165) is 6.07 Å². The van der Waals surface area contributed by atoms with Crippen LogP contribution in [-0.4, -0.2) is 16.1 Å². The normalized spacial score (nSPS) is 10.8. The minimum Gasteiger partial charge on any atom is -0.481 e. The summed E-state index contributed by atoms with van der Waals surface area (Å²) in [4.78, 5) is 13.6. The van der Waals surface area contributed by atoms with Crippen molar-refractivity contribution in [3.8, 4) is 0 Å². The van der Waals surface area contributed by atoms with Crippen LogP contribution in [0, 0.1) is 5.95 Å². The quantitative estimate of drug-likeness (QED) is 0.663. The fourth-order valence-corrected chi connectivity index (χ4v) is 1.38. The first-order valence-electron chi connectivity index (χ1n) is 4.19. The van der Waals surface area contributed by atoms with Crippen LogP contribution in [0.25, 0.3) is 0 Å². The van der Waals surface area contributed by atoms with Gasteiger partial charge in [0.05, 0.1) is 17.7 Å². The van der Waals surface area contributed by atoms with Crippen LogP contribution in [0.2, 0.25) is 0 Å². The maximum atomic E-state index is 13.0. The van der Waals surface area contributed by atoms with Crippen molar-refractivity contribution in [2.24, 2.45) is 0 Å². The Bertz CT molecular complexity index is 412. The number of halogens is 4. The summed E-state index contributed by atoms with van der Waals surface area (Å²) in [6, 6.07) is 0.846. The lowest BCUT2D eigenvalue weighted by Crippen LogP contribution is -2.09. The van der Waals surface area contributed by atoms with E-state index >= 15 is 0 Å². The highest BCUT2D eigenvalue weighted by Gasteiger charge is 2.19. The first-order chi connectivity index (χ1) is 7.45. The van der Waals surface area contributed by atoms with E-state index in [1.54, 1.807) is 0 Å². The third-order valence-corrected chi connectivity index (χ3v) is 2.16. The highest BCUT2D eigenvalue weighted by atomic mass is 35.5. The van der Waals surface area contributed by atoms with Crippen LogP contribution in [0.15, 0.2) is 6.07 Å². The van der Waals surface area contributed by atoms with Crippen molar-refractivity contribution in [1.82, 2.24) is 4.98 Å². The van der Waals surface area contributed by atoms with Crippen LogP contribution in [0.5, 0.6) is 0 Å². The Labute approximate surface area is 93.9 Å². The van der Waals surface area contributed by atoms with Gasteiger partial charge < -0.3 is 5.11 Å². The largest absolute Gasteiger partial charge is 0.481 e. The van der Waals surface area contributed by atoms with Crippen LogP contribution in [0.3, 0.4) is 0 Å². The number of rotatable bonds is 4. The van der Waals surface area contributed by atoms with Crippen LogP contribution in [0.1, 0.15) is 23.2 Å². The number of aromatic nitrogens is 1. The average molecular weight is 254 g/mol. The Kier molecular flexibility index (Phi) is 4.12. The molecule has 0 saturated heterocycles. The van der Waals surface area contributed by atoms with Gasteiger partial charge in [0.15, 0.2) is 0 Å². The van der Waals surface area contributed by atoms with Gasteiger partial charge in [-0.3, -0.25) is 4.79 Å². The lowest BCUT2D eigenvalue weighted by Gasteiger charge is -2.08. The minimum atomic E-state index is -3.01. The number of hydrogen-bond acceptors (Lipinski definition) is 2. The summed E-state index contributed by atoms with van der Waals surface area (Å²) in [7, 11) is 0. The number of carboxylic acids is 1. The molecule has 0 unspecified atom stereocenters. The van der Waals surface area contributed by atoms with Crippen LogP contribution in [-0.2, 0) is 17.1 Å². The molecule has 0 bridgehead atoms. The molecular weight excluding hydrogens is 247 g/mol. The molecule has 1 heterocycles. The summed E-state index contributed by atoms with van der Waals surface area (Å²) in [5.41, 5.74) is -0.907. The summed E-state index contributed by atoms with van der Waals surface area (Å²) < 4.78 is 37.6. The van der Waals surface area contributed by atoms with Gasteiger partial charge in [-0.1, -0.05) is 0 Å². The number of pyridine rings is 1. The molecule has 0 aromatic carbocycles. The molecule has 0 saturated carbocycles. The molecule has 1 aromatic rings. The van der Waals surface area contributed by atoms with Gasteiger partial charge in [0, 0.05) is 5.88 Å². The van der Waals surface area contributed by atoms with Crippen molar-refractivity contribution in [3.63, 3.8) is 0 Å². The topological polar surface area (TPSA) is 50.2 Å². The van der Waals surface area contributed by atoms with Gasteiger partial charge in [-0.2, -0.15) is 4.39 Å². The molecule has 16 heavy (non-hydrogen) atoms. The highest BCUT2D eigenvalue weighted by molar-refractivity contribution is 6.17. The zero-order valence-electron chi connectivity index (χ0n) is 7.88. The van der Waals surface area contributed by atoms with Gasteiger partial charge in [-0.05, 0) is 11.6 Å². The van der Waals surface area contributed by atoms with E-state index in [2.05, 4.69) is 4.98 Å². The third-order valence-electron chi connectivity index (χ3n) is 1.87. The summed E-state index contributed by atoms with van der Waals surface area (Å²) >= 11 is 5.44. The second kappa shape index (κ2) is 5.16. The molecule has 0 aliphatic rings. The van der Waals surface area contributed by atoms with E-state index in [4.69, 9.17) is 16.7 Å². The van der Waals surface area contributed by atoms with Crippen molar-refractivity contribution in [2.45, 2.75) is 18.7 Å². The van der Waals surface area contributed by atoms with Crippen LogP contribution >= 0.6 is 11.6 Å². The summed E-state index contributed by atoms with van der Waals surface area (Å²) in [5, 5.41) is 8.50. The molecule has 1 N–H and O–H groups in total. The SMILES string of the molecule is O=C(O)Cc1nc(F)c(C(F)F)cc1CCl. The average Bonchev–Trinajstić information content (AvgIpc) is 2.16. The molecule has 7 heteroatoms. The maximum absolute atomic E-state index is 13.0. The second-order valence-electron chi connectivity index (χ2n) is 2.98. The third kappa shape index (κ3) is 2.85. The molecule has 0 radical (unpaired) electrons. The molecule has 0 fully saturated rings. The zero-order chi connectivity index (χ0) is 12.3. The first kappa shape index (κ1) is 12.8. The molecule has 0 amide bonds. The predicted octanol–water partition coefficient (Wildman–Crippen LogP) is 2.52. The van der Waals surface area contributed by atoms with Gasteiger partial charge in [0.2, 0.25) is 5.95 Å². The molecule has 0 spiro atoms. The summed E-state index contributed by atoms with van der Waals surface area (Å²) in [6.07, 6.45) is -3.56. The van der Waals surface area contributed by atoms with Crippen LogP contribution < -0.4 is 0 Å². The van der Waals surface area contributed by atoms with Crippen LogP contribution in [0.4, 0.5) is 13.2 Å². The number of alkyl halides is 3. The van der Waals surface area contributed by atoms with E-state index in [-0.39, 0.29) is 17.1 Å². The van der Waals surface area contributed by atoms with Crippen molar-refractivity contribution in [1.29, 1.82) is 0 Å². The van der Waals surface area contributed by atoms with E-state index in [1.165, 1.54) is 0 Å². The highest BCUT2D eigenvalue weighted by Crippen LogP contribution is 2.24. The minimum absolute atomic E-state index is 0.0979. The maximum Gasteiger partial charge on any atom is 0.309 e. The smallest absolute Gasteiger partial charge is 0.309 e. The second-order valence-corrected chi connectivity index (χ2v) is 3.25. The molecule has 88 valence electrons. The van der Waals surface area contributed by atoms with Crippen molar-refractivity contribution in [2.75, 3.05) is 0 Å². The first-order valence-corrected chi connectivity index (χ1v) is 4.73. The lowest BCUT2D eigenvalue weighted by atomic mass is 10.1. The summed E-state index contributed by atoms with van der Waals surface area (Å²) in [6.45, 7) is 0. The Balaban J connectivity index is 3.20. The standard InChI is InChI=1S/C9H7ClF3NO2/c10-3-4-1-5(8(11)12)9(13)14-6(4)2-7(15)16/h1,8H,2-3H2,(H,15,16). The van der Waals surface area contributed by atoms with Gasteiger partial charge in [0.1, 0.15) is 0 Å². The Morgan fingerprint density at radius 1 is 1.56 bits per heavy atom. The Hall–Kier alpha value is -1.30.